The number of rotatable bonds is 9. The van der Waals surface area contributed by atoms with Crippen molar-refractivity contribution in [1.82, 2.24) is 0 Å². The van der Waals surface area contributed by atoms with Gasteiger partial charge in [0, 0.05) is 30.4 Å². The molecule has 5 rings (SSSR count). The molecule has 1 heterocycles. The number of anilines is 2. The smallest absolute Gasteiger partial charge is 0.119 e. The summed E-state index contributed by atoms with van der Waals surface area (Å²) in [7, 11) is 0. The molecule has 3 nitrogen and oxygen atoms in total. The van der Waals surface area contributed by atoms with Crippen molar-refractivity contribution < 1.29 is 4.74 Å². The Kier molecular flexibility index (Phi) is 6.89. The predicted molar refractivity (Wildman–Crippen MR) is 143 cm³/mol. The maximum Gasteiger partial charge on any atom is 0.119 e. The summed E-state index contributed by atoms with van der Waals surface area (Å²) in [5.41, 5.74) is 6.66. The number of hydrogen-bond acceptors (Lipinski definition) is 3. The van der Waals surface area contributed by atoms with Crippen LogP contribution in [0.1, 0.15) is 55.3 Å². The van der Waals surface area contributed by atoms with Gasteiger partial charge in [0.05, 0.1) is 12.6 Å². The summed E-state index contributed by atoms with van der Waals surface area (Å²) in [4.78, 5) is 2.40. The zero-order valence-electron chi connectivity index (χ0n) is 20.4. The monoisotopic (exact) mass is 452 g/mol. The van der Waals surface area contributed by atoms with Crippen LogP contribution in [0.5, 0.6) is 5.75 Å². The van der Waals surface area contributed by atoms with E-state index < -0.39 is 0 Å². The van der Waals surface area contributed by atoms with Crippen LogP contribution >= 0.6 is 0 Å². The minimum atomic E-state index is 0.330. The molecule has 176 valence electrons. The molecule has 0 saturated carbocycles. The molecule has 34 heavy (non-hydrogen) atoms. The number of nitrogens with zero attached hydrogens (tertiary/aromatic N) is 1. The first-order valence-electron chi connectivity index (χ1n) is 12.9. The highest BCUT2D eigenvalue weighted by Crippen LogP contribution is 2.50. The van der Waals surface area contributed by atoms with E-state index in [2.05, 4.69) is 109 Å². The molecule has 0 radical (unpaired) electrons. The average Bonchev–Trinajstić information content (AvgIpc) is 3.38. The van der Waals surface area contributed by atoms with Crippen molar-refractivity contribution in [3.05, 3.63) is 102 Å². The Bertz CT molecular complexity index is 1100. The number of fused-ring (bicyclic) bond motifs is 3. The lowest BCUT2D eigenvalue weighted by atomic mass is 9.77. The molecule has 3 heteroatoms. The molecule has 3 aromatic carbocycles. The molecule has 0 bridgehead atoms. The lowest BCUT2D eigenvalue weighted by Gasteiger charge is -2.38. The molecule has 3 aromatic rings. The number of allylic oxidation sites excluding steroid dienone is 2. The van der Waals surface area contributed by atoms with Gasteiger partial charge < -0.3 is 15.0 Å². The quantitative estimate of drug-likeness (QED) is 0.271. The number of nitrogens with one attached hydrogen (secondary N) is 1. The van der Waals surface area contributed by atoms with E-state index in [0.717, 1.165) is 44.7 Å². The van der Waals surface area contributed by atoms with E-state index >= 15 is 0 Å². The second kappa shape index (κ2) is 10.4. The highest BCUT2D eigenvalue weighted by Gasteiger charge is 2.38. The average molecular weight is 453 g/mol. The number of hydrogen-bond donors (Lipinski definition) is 1. The predicted octanol–water partition coefficient (Wildman–Crippen LogP) is 7.37. The zero-order chi connectivity index (χ0) is 23.3. The van der Waals surface area contributed by atoms with Gasteiger partial charge >= 0.3 is 0 Å². The Balaban J connectivity index is 1.28. The van der Waals surface area contributed by atoms with Crippen LogP contribution in [0, 0.1) is 5.92 Å². The van der Waals surface area contributed by atoms with E-state index in [0.29, 0.717) is 17.9 Å². The fourth-order valence-corrected chi connectivity index (χ4v) is 5.58. The van der Waals surface area contributed by atoms with Gasteiger partial charge in [0.15, 0.2) is 0 Å². The molecule has 0 amide bonds. The summed E-state index contributed by atoms with van der Waals surface area (Å²) in [6.07, 6.45) is 7.95. The van der Waals surface area contributed by atoms with Crippen LogP contribution in [0.25, 0.3) is 0 Å². The van der Waals surface area contributed by atoms with Gasteiger partial charge in [-0.1, -0.05) is 54.6 Å². The van der Waals surface area contributed by atoms with E-state index in [1.54, 1.807) is 0 Å². The molecule has 0 aromatic heterocycles. The molecule has 0 fully saturated rings. The lowest BCUT2D eigenvalue weighted by Crippen LogP contribution is -2.29. The van der Waals surface area contributed by atoms with E-state index in [-0.39, 0.29) is 0 Å². The van der Waals surface area contributed by atoms with Crippen molar-refractivity contribution in [2.75, 3.05) is 29.9 Å². The maximum absolute atomic E-state index is 6.15. The van der Waals surface area contributed by atoms with Gasteiger partial charge in [-0.2, -0.15) is 0 Å². The van der Waals surface area contributed by atoms with E-state index in [9.17, 15) is 0 Å². The normalized spacial score (nSPS) is 20.4. The summed E-state index contributed by atoms with van der Waals surface area (Å²) in [6, 6.07) is 26.8. The Labute approximate surface area is 204 Å². The molecule has 1 aliphatic heterocycles. The van der Waals surface area contributed by atoms with Crippen LogP contribution in [-0.4, -0.2) is 19.7 Å². The Morgan fingerprint density at radius 2 is 1.74 bits per heavy atom. The van der Waals surface area contributed by atoms with Crippen molar-refractivity contribution in [3.8, 4) is 5.75 Å². The van der Waals surface area contributed by atoms with E-state index in [4.69, 9.17) is 4.74 Å². The first-order chi connectivity index (χ1) is 16.8. The fourth-order valence-electron chi connectivity index (χ4n) is 5.58. The molecular weight excluding hydrogens is 416 g/mol. The lowest BCUT2D eigenvalue weighted by molar-refractivity contribution is 0.310. The van der Waals surface area contributed by atoms with Crippen LogP contribution < -0.4 is 15.0 Å². The van der Waals surface area contributed by atoms with Gasteiger partial charge in [0.25, 0.3) is 0 Å². The molecule has 0 saturated heterocycles. The first-order valence-corrected chi connectivity index (χ1v) is 12.9. The fraction of sp³-hybridized carbons (Fsp3) is 0.355. The Hall–Kier alpha value is -3.20. The van der Waals surface area contributed by atoms with E-state index in [1.807, 2.05) is 0 Å². The second-order valence-electron chi connectivity index (χ2n) is 9.43. The van der Waals surface area contributed by atoms with Crippen LogP contribution in [0.3, 0.4) is 0 Å². The summed E-state index contributed by atoms with van der Waals surface area (Å²) in [5, 5.41) is 3.87. The van der Waals surface area contributed by atoms with Crippen molar-refractivity contribution in [2.24, 2.45) is 5.92 Å². The zero-order valence-corrected chi connectivity index (χ0v) is 20.4. The highest BCUT2D eigenvalue weighted by molar-refractivity contribution is 5.62. The standard InChI is InChI=1S/C31H36N2O/c1-3-33(4-2)25-17-15-24(16-18-25)31-28-14-8-13-27(28)29-22-26(19-20-30(29)32-31)34-21-9-12-23-10-6-5-7-11-23/h5-8,10-11,13,15-20,22,27-28,31-32H,3-4,9,12,14,21H2,1-2H3. The van der Waals surface area contributed by atoms with Gasteiger partial charge in [-0.05, 0) is 86.1 Å². The minimum absolute atomic E-state index is 0.330. The van der Waals surface area contributed by atoms with Crippen LogP contribution in [0.15, 0.2) is 84.9 Å². The SMILES string of the molecule is CCN(CC)c1ccc(C2Nc3ccc(OCCCc4ccccc4)cc3C3C=CCC32)cc1. The second-order valence-corrected chi connectivity index (χ2v) is 9.43. The highest BCUT2D eigenvalue weighted by atomic mass is 16.5. The summed E-state index contributed by atoms with van der Waals surface area (Å²) in [5.74, 6) is 1.96. The van der Waals surface area contributed by atoms with Gasteiger partial charge in [0.2, 0.25) is 0 Å². The van der Waals surface area contributed by atoms with Crippen LogP contribution in [-0.2, 0) is 6.42 Å². The molecule has 2 aliphatic rings. The van der Waals surface area contributed by atoms with Gasteiger partial charge in [-0.25, -0.2) is 0 Å². The maximum atomic E-state index is 6.15. The third kappa shape index (κ3) is 4.70. The largest absolute Gasteiger partial charge is 0.494 e. The van der Waals surface area contributed by atoms with Crippen molar-refractivity contribution in [3.63, 3.8) is 0 Å². The number of ether oxygens (including phenoxy) is 1. The van der Waals surface area contributed by atoms with Crippen molar-refractivity contribution in [2.45, 2.75) is 45.1 Å². The minimum Gasteiger partial charge on any atom is -0.494 e. The van der Waals surface area contributed by atoms with Gasteiger partial charge in [-0.3, -0.25) is 0 Å². The molecule has 1 N–H and O–H groups in total. The van der Waals surface area contributed by atoms with Crippen molar-refractivity contribution in [1.29, 1.82) is 0 Å². The summed E-state index contributed by atoms with van der Waals surface area (Å²) < 4.78 is 6.15. The van der Waals surface area contributed by atoms with Crippen LogP contribution in [0.4, 0.5) is 11.4 Å². The molecule has 1 aliphatic carbocycles. The van der Waals surface area contributed by atoms with Crippen molar-refractivity contribution >= 4 is 11.4 Å². The molecule has 0 spiro atoms. The van der Waals surface area contributed by atoms with Gasteiger partial charge in [0.1, 0.15) is 5.75 Å². The Morgan fingerprint density at radius 1 is 0.941 bits per heavy atom. The third-order valence-electron chi connectivity index (χ3n) is 7.44. The topological polar surface area (TPSA) is 24.5 Å². The molecule has 3 atom stereocenters. The first kappa shape index (κ1) is 22.6. The molecule has 3 unspecified atom stereocenters. The number of benzene rings is 3. The van der Waals surface area contributed by atoms with Crippen LogP contribution in [0.2, 0.25) is 0 Å². The van der Waals surface area contributed by atoms with E-state index in [1.165, 1.54) is 28.1 Å². The number of aryl methyl sites for hydroxylation is 1. The summed E-state index contributed by atoms with van der Waals surface area (Å²) >= 11 is 0. The third-order valence-corrected chi connectivity index (χ3v) is 7.44. The molecular formula is C31H36N2O. The Morgan fingerprint density at radius 3 is 2.50 bits per heavy atom. The van der Waals surface area contributed by atoms with Gasteiger partial charge in [-0.15, -0.1) is 0 Å². The summed E-state index contributed by atoms with van der Waals surface area (Å²) in [6.45, 7) is 7.25.